The molecule has 0 bridgehead atoms. The van der Waals surface area contributed by atoms with E-state index in [0.717, 1.165) is 25.7 Å². The summed E-state index contributed by atoms with van der Waals surface area (Å²) in [4.78, 5) is 14.6. The van der Waals surface area contributed by atoms with Crippen LogP contribution in [0.5, 0.6) is 0 Å². The highest BCUT2D eigenvalue weighted by Crippen LogP contribution is 2.24. The smallest absolute Gasteiger partial charge is 0.241 e. The van der Waals surface area contributed by atoms with Gasteiger partial charge in [0, 0.05) is 19.8 Å². The molecule has 1 saturated heterocycles. The Hall–Kier alpha value is -0.610. The summed E-state index contributed by atoms with van der Waals surface area (Å²) in [5.74, 6) is 0.705. The third-order valence-electron chi connectivity index (χ3n) is 3.92. The van der Waals surface area contributed by atoms with Crippen LogP contribution in [-0.4, -0.2) is 42.8 Å². The number of carbonyl (C=O) groups is 1. The van der Waals surface area contributed by atoms with E-state index in [9.17, 15) is 4.79 Å². The van der Waals surface area contributed by atoms with Crippen LogP contribution in [0.15, 0.2) is 0 Å². The van der Waals surface area contributed by atoms with Crippen LogP contribution in [0.2, 0.25) is 0 Å². The Morgan fingerprint density at radius 3 is 2.58 bits per heavy atom. The van der Waals surface area contributed by atoms with Crippen LogP contribution in [0, 0.1) is 5.92 Å². The minimum Gasteiger partial charge on any atom is -0.385 e. The first-order chi connectivity index (χ1) is 9.02. The van der Waals surface area contributed by atoms with Gasteiger partial charge in [0.2, 0.25) is 5.91 Å². The Bertz CT molecular complexity index is 281. The van der Waals surface area contributed by atoms with E-state index in [4.69, 9.17) is 4.74 Å². The fraction of sp³-hybridized carbons (Fsp3) is 0.933. The number of ether oxygens (including phenoxy) is 1. The molecule has 0 saturated carbocycles. The maximum Gasteiger partial charge on any atom is 0.241 e. The lowest BCUT2D eigenvalue weighted by Crippen LogP contribution is -2.46. The molecule has 0 radical (unpaired) electrons. The van der Waals surface area contributed by atoms with Gasteiger partial charge in [0.25, 0.3) is 0 Å². The minimum atomic E-state index is 0.0114. The highest BCUT2D eigenvalue weighted by atomic mass is 16.5. The van der Waals surface area contributed by atoms with Crippen LogP contribution >= 0.6 is 0 Å². The van der Waals surface area contributed by atoms with Gasteiger partial charge in [0.05, 0.1) is 12.2 Å². The molecule has 4 nitrogen and oxygen atoms in total. The van der Waals surface area contributed by atoms with Gasteiger partial charge in [-0.15, -0.1) is 0 Å². The molecule has 0 aliphatic carbocycles. The zero-order valence-corrected chi connectivity index (χ0v) is 13.1. The maximum atomic E-state index is 12.6. The molecular weight excluding hydrogens is 240 g/mol. The number of methoxy groups -OCH3 is 1. The predicted molar refractivity (Wildman–Crippen MR) is 77.9 cm³/mol. The van der Waals surface area contributed by atoms with Crippen molar-refractivity contribution in [2.45, 2.75) is 71.6 Å². The second-order valence-electron chi connectivity index (χ2n) is 5.93. The molecule has 3 unspecified atom stereocenters. The Kier molecular flexibility index (Phi) is 6.80. The van der Waals surface area contributed by atoms with Crippen molar-refractivity contribution in [2.24, 2.45) is 5.92 Å². The van der Waals surface area contributed by atoms with Crippen LogP contribution in [0.4, 0.5) is 0 Å². The number of amides is 1. The molecule has 1 fully saturated rings. The van der Waals surface area contributed by atoms with Gasteiger partial charge in [0.15, 0.2) is 0 Å². The summed E-state index contributed by atoms with van der Waals surface area (Å²) in [6.45, 7) is 9.33. The van der Waals surface area contributed by atoms with E-state index in [1.807, 2.05) is 4.90 Å². The summed E-state index contributed by atoms with van der Waals surface area (Å²) in [5, 5.41) is 3.52. The van der Waals surface area contributed by atoms with Crippen LogP contribution < -0.4 is 5.32 Å². The van der Waals surface area contributed by atoms with E-state index in [0.29, 0.717) is 12.5 Å². The SMILES string of the molecule is CCCCC1NC(C(C)C)N(C(C)CCOC)C1=O. The minimum absolute atomic E-state index is 0.0114. The highest BCUT2D eigenvalue weighted by Gasteiger charge is 2.41. The zero-order chi connectivity index (χ0) is 14.4. The molecule has 1 rings (SSSR count). The molecule has 1 amide bonds. The lowest BCUT2D eigenvalue weighted by atomic mass is 10.1. The number of nitrogens with zero attached hydrogens (tertiary/aromatic N) is 1. The number of hydrogen-bond acceptors (Lipinski definition) is 3. The van der Waals surface area contributed by atoms with Crippen LogP contribution in [0.3, 0.4) is 0 Å². The monoisotopic (exact) mass is 270 g/mol. The van der Waals surface area contributed by atoms with E-state index in [-0.39, 0.29) is 24.2 Å². The molecule has 4 heteroatoms. The van der Waals surface area contributed by atoms with E-state index in [1.54, 1.807) is 7.11 Å². The molecule has 1 aliphatic heterocycles. The second-order valence-corrected chi connectivity index (χ2v) is 5.93. The van der Waals surface area contributed by atoms with Crippen molar-refractivity contribution in [3.63, 3.8) is 0 Å². The number of nitrogens with one attached hydrogen (secondary N) is 1. The Morgan fingerprint density at radius 1 is 1.37 bits per heavy atom. The molecule has 1 heterocycles. The molecule has 0 aromatic carbocycles. The van der Waals surface area contributed by atoms with Gasteiger partial charge in [0.1, 0.15) is 0 Å². The summed E-state index contributed by atoms with van der Waals surface area (Å²) >= 11 is 0. The van der Waals surface area contributed by atoms with Crippen molar-refractivity contribution in [1.29, 1.82) is 0 Å². The van der Waals surface area contributed by atoms with Gasteiger partial charge in [-0.3, -0.25) is 10.1 Å². The average Bonchev–Trinajstić information content (AvgIpc) is 2.71. The van der Waals surface area contributed by atoms with E-state index >= 15 is 0 Å². The van der Waals surface area contributed by atoms with Gasteiger partial charge < -0.3 is 9.64 Å². The van der Waals surface area contributed by atoms with E-state index < -0.39 is 0 Å². The van der Waals surface area contributed by atoms with Crippen molar-refractivity contribution in [2.75, 3.05) is 13.7 Å². The van der Waals surface area contributed by atoms with Gasteiger partial charge in [-0.2, -0.15) is 0 Å². The molecule has 112 valence electrons. The molecular formula is C15H30N2O2. The van der Waals surface area contributed by atoms with Crippen molar-refractivity contribution < 1.29 is 9.53 Å². The van der Waals surface area contributed by atoms with Crippen LogP contribution in [0.25, 0.3) is 0 Å². The van der Waals surface area contributed by atoms with Crippen molar-refractivity contribution in [1.82, 2.24) is 10.2 Å². The molecule has 19 heavy (non-hydrogen) atoms. The van der Waals surface area contributed by atoms with Crippen LogP contribution in [0.1, 0.15) is 53.4 Å². The van der Waals surface area contributed by atoms with Crippen LogP contribution in [-0.2, 0) is 9.53 Å². The van der Waals surface area contributed by atoms with Crippen molar-refractivity contribution in [3.05, 3.63) is 0 Å². The molecule has 0 spiro atoms. The molecule has 1 aliphatic rings. The maximum absolute atomic E-state index is 12.6. The van der Waals surface area contributed by atoms with Gasteiger partial charge in [-0.05, 0) is 25.7 Å². The standard InChI is InChI=1S/C15H30N2O2/c1-6-7-8-13-15(18)17(12(4)9-10-19-5)14(16-13)11(2)3/h11-14,16H,6-10H2,1-5H3. The van der Waals surface area contributed by atoms with E-state index in [1.165, 1.54) is 0 Å². The highest BCUT2D eigenvalue weighted by molar-refractivity contribution is 5.84. The average molecular weight is 270 g/mol. The number of hydrogen-bond donors (Lipinski definition) is 1. The molecule has 1 N–H and O–H groups in total. The number of carbonyl (C=O) groups excluding carboxylic acids is 1. The summed E-state index contributed by atoms with van der Waals surface area (Å²) in [6.07, 6.45) is 4.26. The summed E-state index contributed by atoms with van der Waals surface area (Å²) in [6, 6.07) is 0.247. The first-order valence-electron chi connectivity index (χ1n) is 7.60. The van der Waals surface area contributed by atoms with Crippen molar-refractivity contribution in [3.8, 4) is 0 Å². The second kappa shape index (κ2) is 7.85. The third kappa shape index (κ3) is 4.18. The van der Waals surface area contributed by atoms with Gasteiger partial charge >= 0.3 is 0 Å². The molecule has 0 aromatic heterocycles. The summed E-state index contributed by atoms with van der Waals surface area (Å²) in [7, 11) is 1.71. The Balaban J connectivity index is 2.71. The Labute approximate surface area is 117 Å². The first kappa shape index (κ1) is 16.4. The molecule has 3 atom stereocenters. The summed E-state index contributed by atoms with van der Waals surface area (Å²) in [5.41, 5.74) is 0. The van der Waals surface area contributed by atoms with Gasteiger partial charge in [-0.1, -0.05) is 33.6 Å². The predicted octanol–water partition coefficient (Wildman–Crippen LogP) is 2.38. The fourth-order valence-corrected chi connectivity index (χ4v) is 2.72. The largest absolute Gasteiger partial charge is 0.385 e. The number of unbranched alkanes of at least 4 members (excludes halogenated alkanes) is 1. The lowest BCUT2D eigenvalue weighted by molar-refractivity contribution is -0.133. The summed E-state index contributed by atoms with van der Waals surface area (Å²) < 4.78 is 5.14. The molecule has 0 aromatic rings. The topological polar surface area (TPSA) is 41.6 Å². The first-order valence-corrected chi connectivity index (χ1v) is 7.60. The zero-order valence-electron chi connectivity index (χ0n) is 13.1. The van der Waals surface area contributed by atoms with E-state index in [2.05, 4.69) is 33.0 Å². The quantitative estimate of drug-likeness (QED) is 0.736. The fourth-order valence-electron chi connectivity index (χ4n) is 2.72. The third-order valence-corrected chi connectivity index (χ3v) is 3.92. The lowest BCUT2D eigenvalue weighted by Gasteiger charge is -2.32. The normalized spacial score (nSPS) is 25.4. The number of rotatable bonds is 8. The Morgan fingerprint density at radius 2 is 2.05 bits per heavy atom. The van der Waals surface area contributed by atoms with Crippen molar-refractivity contribution >= 4 is 5.91 Å². The van der Waals surface area contributed by atoms with Gasteiger partial charge in [-0.25, -0.2) is 0 Å².